The summed E-state index contributed by atoms with van der Waals surface area (Å²) in [5.41, 5.74) is 6.27. The minimum atomic E-state index is -0.0811. The third-order valence-corrected chi connectivity index (χ3v) is 2.27. The number of nitrogens with two attached hydrogens (primary N) is 1. The average molecular weight is 252 g/mol. The van der Waals surface area contributed by atoms with Gasteiger partial charge in [0.2, 0.25) is 11.8 Å². The summed E-state index contributed by atoms with van der Waals surface area (Å²) >= 11 is 0. The molecular formula is C12H20N4O2. The van der Waals surface area contributed by atoms with Crippen molar-refractivity contribution in [2.45, 2.75) is 20.0 Å². The van der Waals surface area contributed by atoms with Crippen LogP contribution in [0.5, 0.6) is 5.88 Å². The van der Waals surface area contributed by atoms with Crippen molar-refractivity contribution in [1.29, 1.82) is 0 Å². The molecule has 1 aromatic rings. The van der Waals surface area contributed by atoms with Crippen LogP contribution in [-0.4, -0.2) is 37.6 Å². The van der Waals surface area contributed by atoms with E-state index in [4.69, 9.17) is 10.5 Å². The third kappa shape index (κ3) is 3.80. The van der Waals surface area contributed by atoms with Gasteiger partial charge in [-0.05, 0) is 26.0 Å². The van der Waals surface area contributed by atoms with Gasteiger partial charge >= 0.3 is 0 Å². The molecule has 0 atom stereocenters. The van der Waals surface area contributed by atoms with Crippen LogP contribution >= 0.6 is 0 Å². The minimum Gasteiger partial charge on any atom is -0.473 e. The highest BCUT2D eigenvalue weighted by Crippen LogP contribution is 2.23. The fraction of sp³-hybridized carbons (Fsp3) is 0.500. The summed E-state index contributed by atoms with van der Waals surface area (Å²) in [6.07, 6.45) is -0.000651. The third-order valence-electron chi connectivity index (χ3n) is 2.27. The number of hydrogen-bond acceptors (Lipinski definition) is 5. The van der Waals surface area contributed by atoms with E-state index in [0.29, 0.717) is 17.4 Å². The zero-order chi connectivity index (χ0) is 13.7. The normalized spacial score (nSPS) is 10.3. The second-order valence-corrected chi connectivity index (χ2v) is 4.26. The van der Waals surface area contributed by atoms with Crippen LogP contribution in [0.25, 0.3) is 0 Å². The standard InChI is InChI=1S/C12H20N4O2/c1-8(2)18-12-9(13)5-6-10(15-12)16(4)7-11(17)14-3/h5-6,8H,7,13H2,1-4H3,(H,14,17). The Morgan fingerprint density at radius 3 is 2.78 bits per heavy atom. The largest absolute Gasteiger partial charge is 0.473 e. The fourth-order valence-corrected chi connectivity index (χ4v) is 1.35. The number of ether oxygens (including phenoxy) is 1. The summed E-state index contributed by atoms with van der Waals surface area (Å²) in [5.74, 6) is 0.956. The molecule has 0 saturated heterocycles. The first kappa shape index (κ1) is 14.1. The van der Waals surface area contributed by atoms with Crippen LogP contribution < -0.4 is 20.7 Å². The molecule has 6 heteroatoms. The number of likely N-dealkylation sites (N-methyl/N-ethyl adjacent to an activating group) is 2. The summed E-state index contributed by atoms with van der Waals surface area (Å²) < 4.78 is 5.50. The second kappa shape index (κ2) is 6.09. The van der Waals surface area contributed by atoms with E-state index >= 15 is 0 Å². The Balaban J connectivity index is 2.86. The van der Waals surface area contributed by atoms with E-state index in [1.807, 2.05) is 13.8 Å². The van der Waals surface area contributed by atoms with Crippen LogP contribution in [0.2, 0.25) is 0 Å². The molecule has 0 unspecified atom stereocenters. The maximum absolute atomic E-state index is 11.3. The zero-order valence-electron chi connectivity index (χ0n) is 11.2. The van der Waals surface area contributed by atoms with Crippen LogP contribution in [0.15, 0.2) is 12.1 Å². The lowest BCUT2D eigenvalue weighted by Crippen LogP contribution is -2.33. The van der Waals surface area contributed by atoms with Gasteiger partial charge in [-0.1, -0.05) is 0 Å². The molecule has 0 bridgehead atoms. The number of pyridine rings is 1. The van der Waals surface area contributed by atoms with Crippen LogP contribution in [0, 0.1) is 0 Å². The molecule has 1 amide bonds. The smallest absolute Gasteiger partial charge is 0.239 e. The van der Waals surface area contributed by atoms with Gasteiger partial charge in [0.05, 0.1) is 18.3 Å². The van der Waals surface area contributed by atoms with E-state index in [2.05, 4.69) is 10.3 Å². The first-order valence-electron chi connectivity index (χ1n) is 5.79. The molecule has 1 rings (SSSR count). The van der Waals surface area contributed by atoms with Gasteiger partial charge in [0.25, 0.3) is 0 Å². The van der Waals surface area contributed by atoms with Crippen molar-refractivity contribution in [3.8, 4) is 5.88 Å². The van der Waals surface area contributed by atoms with Crippen LogP contribution in [0.3, 0.4) is 0 Å². The second-order valence-electron chi connectivity index (χ2n) is 4.26. The van der Waals surface area contributed by atoms with Gasteiger partial charge in [-0.15, -0.1) is 0 Å². The highest BCUT2D eigenvalue weighted by atomic mass is 16.5. The molecule has 1 aromatic heterocycles. The van der Waals surface area contributed by atoms with Gasteiger partial charge in [0.15, 0.2) is 0 Å². The number of carbonyl (C=O) groups excluding carboxylic acids is 1. The highest BCUT2D eigenvalue weighted by molar-refractivity contribution is 5.80. The quantitative estimate of drug-likeness (QED) is 0.803. The number of hydrogen-bond donors (Lipinski definition) is 2. The molecule has 0 fully saturated rings. The number of rotatable bonds is 5. The molecule has 6 nitrogen and oxygen atoms in total. The number of carbonyl (C=O) groups is 1. The van der Waals surface area contributed by atoms with E-state index in [1.165, 1.54) is 0 Å². The lowest BCUT2D eigenvalue weighted by molar-refractivity contribution is -0.119. The van der Waals surface area contributed by atoms with Crippen molar-refractivity contribution in [3.63, 3.8) is 0 Å². The lowest BCUT2D eigenvalue weighted by atomic mass is 10.3. The van der Waals surface area contributed by atoms with Crippen LogP contribution in [0.1, 0.15) is 13.8 Å². The number of nitrogens with one attached hydrogen (secondary N) is 1. The Labute approximate surface area is 107 Å². The highest BCUT2D eigenvalue weighted by Gasteiger charge is 2.11. The van der Waals surface area contributed by atoms with Gasteiger partial charge in [-0.25, -0.2) is 0 Å². The van der Waals surface area contributed by atoms with E-state index in [0.717, 1.165) is 0 Å². The molecule has 0 aliphatic rings. The summed E-state index contributed by atoms with van der Waals surface area (Å²) in [6.45, 7) is 4.04. The molecule has 0 radical (unpaired) electrons. The van der Waals surface area contributed by atoms with Crippen molar-refractivity contribution in [1.82, 2.24) is 10.3 Å². The molecule has 1 heterocycles. The number of anilines is 2. The Morgan fingerprint density at radius 1 is 1.56 bits per heavy atom. The lowest BCUT2D eigenvalue weighted by Gasteiger charge is -2.19. The van der Waals surface area contributed by atoms with E-state index in [-0.39, 0.29) is 18.6 Å². The summed E-state index contributed by atoms with van der Waals surface area (Å²) in [5, 5.41) is 2.56. The molecule has 0 aromatic carbocycles. The zero-order valence-corrected chi connectivity index (χ0v) is 11.2. The number of nitrogens with zero attached hydrogens (tertiary/aromatic N) is 2. The first-order valence-corrected chi connectivity index (χ1v) is 5.79. The van der Waals surface area contributed by atoms with E-state index in [1.54, 1.807) is 31.1 Å². The van der Waals surface area contributed by atoms with Gasteiger partial charge in [0.1, 0.15) is 5.82 Å². The summed E-state index contributed by atoms with van der Waals surface area (Å²) in [6, 6.07) is 3.48. The van der Waals surface area contributed by atoms with Crippen molar-refractivity contribution in [2.75, 3.05) is 31.3 Å². The summed E-state index contributed by atoms with van der Waals surface area (Å²) in [4.78, 5) is 17.3. The molecular weight excluding hydrogens is 232 g/mol. The topological polar surface area (TPSA) is 80.5 Å². The average Bonchev–Trinajstić information content (AvgIpc) is 2.31. The molecule has 18 heavy (non-hydrogen) atoms. The van der Waals surface area contributed by atoms with Crippen molar-refractivity contribution >= 4 is 17.4 Å². The fourth-order valence-electron chi connectivity index (χ4n) is 1.35. The monoisotopic (exact) mass is 252 g/mol. The SMILES string of the molecule is CNC(=O)CN(C)c1ccc(N)c(OC(C)C)n1. The van der Waals surface area contributed by atoms with Crippen molar-refractivity contribution in [2.24, 2.45) is 0 Å². The van der Waals surface area contributed by atoms with Crippen LogP contribution in [0.4, 0.5) is 11.5 Å². The molecule has 0 aliphatic heterocycles. The number of aromatic nitrogens is 1. The molecule has 0 spiro atoms. The first-order chi connectivity index (χ1) is 8.43. The Kier molecular flexibility index (Phi) is 4.76. The maximum atomic E-state index is 11.3. The Bertz CT molecular complexity index is 421. The molecule has 0 saturated carbocycles. The minimum absolute atomic E-state index is 0.000651. The Morgan fingerprint density at radius 2 is 2.22 bits per heavy atom. The van der Waals surface area contributed by atoms with Gasteiger partial charge in [-0.2, -0.15) is 4.98 Å². The van der Waals surface area contributed by atoms with Gasteiger partial charge in [-0.3, -0.25) is 4.79 Å². The molecule has 0 aliphatic carbocycles. The predicted octanol–water partition coefficient (Wildman–Crippen LogP) is 0.633. The Hall–Kier alpha value is -1.98. The number of nitrogen functional groups attached to an aromatic ring is 1. The van der Waals surface area contributed by atoms with Crippen LogP contribution in [-0.2, 0) is 4.79 Å². The van der Waals surface area contributed by atoms with E-state index < -0.39 is 0 Å². The number of amides is 1. The molecule has 3 N–H and O–H groups in total. The predicted molar refractivity (Wildman–Crippen MR) is 71.8 cm³/mol. The van der Waals surface area contributed by atoms with Crippen molar-refractivity contribution in [3.05, 3.63) is 12.1 Å². The molecule has 100 valence electrons. The summed E-state index contributed by atoms with van der Waals surface area (Å²) in [7, 11) is 3.38. The van der Waals surface area contributed by atoms with E-state index in [9.17, 15) is 4.79 Å². The van der Waals surface area contributed by atoms with Gasteiger partial charge < -0.3 is 20.7 Å². The maximum Gasteiger partial charge on any atom is 0.239 e. The van der Waals surface area contributed by atoms with Gasteiger partial charge in [0, 0.05) is 14.1 Å². The van der Waals surface area contributed by atoms with Crippen molar-refractivity contribution < 1.29 is 9.53 Å².